The molecule has 6 heteroatoms. The molecule has 2 aromatic carbocycles. The Hall–Kier alpha value is -2.66. The average molecular weight is 371 g/mol. The van der Waals surface area contributed by atoms with Gasteiger partial charge in [-0.05, 0) is 42.7 Å². The highest BCUT2D eigenvalue weighted by Crippen LogP contribution is 2.29. The van der Waals surface area contributed by atoms with Gasteiger partial charge in [0.1, 0.15) is 6.04 Å². The molecule has 0 fully saturated rings. The second-order valence-electron chi connectivity index (χ2n) is 6.69. The summed E-state index contributed by atoms with van der Waals surface area (Å²) in [5.74, 6) is -1.61. The molecule has 1 aliphatic heterocycles. The molecule has 0 aromatic heterocycles. The van der Waals surface area contributed by atoms with Crippen LogP contribution in [0, 0.1) is 12.8 Å². The van der Waals surface area contributed by atoms with Gasteiger partial charge in [0, 0.05) is 0 Å². The van der Waals surface area contributed by atoms with Crippen molar-refractivity contribution in [3.05, 3.63) is 64.2 Å². The van der Waals surface area contributed by atoms with Crippen molar-refractivity contribution in [1.29, 1.82) is 0 Å². The SMILES string of the molecule is Cc1ccc(NC(=O)C(C(C)C)N2C(=O)c3ccccc3C2=O)c(Cl)c1. The first-order valence-electron chi connectivity index (χ1n) is 8.35. The first-order valence-corrected chi connectivity index (χ1v) is 8.73. The number of halogens is 1. The summed E-state index contributed by atoms with van der Waals surface area (Å²) in [5.41, 5.74) is 2.06. The number of carbonyl (C=O) groups is 3. The molecule has 3 rings (SSSR count). The lowest BCUT2D eigenvalue weighted by molar-refractivity contribution is -0.121. The van der Waals surface area contributed by atoms with Crippen molar-refractivity contribution in [3.8, 4) is 0 Å². The summed E-state index contributed by atoms with van der Waals surface area (Å²) in [6, 6.07) is 10.9. The molecule has 2 aromatic rings. The van der Waals surface area contributed by atoms with Gasteiger partial charge < -0.3 is 5.32 Å². The van der Waals surface area contributed by atoms with E-state index in [0.29, 0.717) is 21.8 Å². The number of aryl methyl sites for hydroxylation is 1. The van der Waals surface area contributed by atoms with Gasteiger partial charge in [-0.1, -0.05) is 43.6 Å². The first kappa shape index (κ1) is 18.1. The van der Waals surface area contributed by atoms with Gasteiger partial charge >= 0.3 is 0 Å². The van der Waals surface area contributed by atoms with Gasteiger partial charge in [-0.3, -0.25) is 19.3 Å². The Labute approximate surface area is 156 Å². The van der Waals surface area contributed by atoms with Crippen LogP contribution in [0.4, 0.5) is 5.69 Å². The lowest BCUT2D eigenvalue weighted by Crippen LogP contribution is -2.50. The zero-order valence-corrected chi connectivity index (χ0v) is 15.5. The Morgan fingerprint density at radius 1 is 1.04 bits per heavy atom. The number of nitrogens with one attached hydrogen (secondary N) is 1. The lowest BCUT2D eigenvalue weighted by atomic mass is 10.0. The van der Waals surface area contributed by atoms with Gasteiger partial charge in [0.15, 0.2) is 0 Å². The standard InChI is InChI=1S/C20H19ClN2O3/c1-11(2)17(18(24)22-16-9-8-12(3)10-15(16)21)23-19(25)13-6-4-5-7-14(13)20(23)26/h4-11,17H,1-3H3,(H,22,24). The van der Waals surface area contributed by atoms with E-state index in [1.807, 2.05) is 13.0 Å². The molecular formula is C20H19ClN2O3. The summed E-state index contributed by atoms with van der Waals surface area (Å²) in [7, 11) is 0. The van der Waals surface area contributed by atoms with Crippen LogP contribution in [-0.2, 0) is 4.79 Å². The Morgan fingerprint density at radius 2 is 1.62 bits per heavy atom. The van der Waals surface area contributed by atoms with Crippen molar-refractivity contribution in [2.75, 3.05) is 5.32 Å². The van der Waals surface area contributed by atoms with Crippen LogP contribution in [0.2, 0.25) is 5.02 Å². The Balaban J connectivity index is 1.92. The second-order valence-corrected chi connectivity index (χ2v) is 7.09. The predicted octanol–water partition coefficient (Wildman–Crippen LogP) is 3.91. The molecule has 1 unspecified atom stereocenters. The van der Waals surface area contributed by atoms with E-state index >= 15 is 0 Å². The Kier molecular flexibility index (Phi) is 4.83. The minimum absolute atomic E-state index is 0.263. The van der Waals surface area contributed by atoms with Crippen LogP contribution in [-0.4, -0.2) is 28.7 Å². The number of anilines is 1. The van der Waals surface area contributed by atoms with E-state index in [4.69, 9.17) is 11.6 Å². The lowest BCUT2D eigenvalue weighted by Gasteiger charge is -2.28. The highest BCUT2D eigenvalue weighted by molar-refractivity contribution is 6.34. The third kappa shape index (κ3) is 3.10. The molecule has 134 valence electrons. The Bertz CT molecular complexity index is 873. The van der Waals surface area contributed by atoms with Gasteiger partial charge in [-0.2, -0.15) is 0 Å². The van der Waals surface area contributed by atoms with E-state index in [1.165, 1.54) is 0 Å². The maximum absolute atomic E-state index is 12.9. The van der Waals surface area contributed by atoms with Crippen molar-refractivity contribution < 1.29 is 14.4 Å². The molecule has 0 aliphatic carbocycles. The highest BCUT2D eigenvalue weighted by atomic mass is 35.5. The Morgan fingerprint density at radius 3 is 2.12 bits per heavy atom. The van der Waals surface area contributed by atoms with Crippen LogP contribution in [0.15, 0.2) is 42.5 Å². The summed E-state index contributed by atoms with van der Waals surface area (Å²) in [5, 5.41) is 3.15. The van der Waals surface area contributed by atoms with Gasteiger partial charge in [0.25, 0.3) is 11.8 Å². The summed E-state index contributed by atoms with van der Waals surface area (Å²) in [6.45, 7) is 5.49. The monoisotopic (exact) mass is 370 g/mol. The zero-order chi connectivity index (χ0) is 19.0. The smallest absolute Gasteiger partial charge is 0.262 e. The van der Waals surface area contributed by atoms with Crippen LogP contribution in [0.25, 0.3) is 0 Å². The number of hydrogen-bond acceptors (Lipinski definition) is 3. The second kappa shape index (κ2) is 6.92. The largest absolute Gasteiger partial charge is 0.323 e. The maximum Gasteiger partial charge on any atom is 0.262 e. The number of amides is 3. The molecule has 26 heavy (non-hydrogen) atoms. The topological polar surface area (TPSA) is 66.5 Å². The van der Waals surface area contributed by atoms with E-state index in [9.17, 15) is 14.4 Å². The van der Waals surface area contributed by atoms with E-state index in [2.05, 4.69) is 5.32 Å². The van der Waals surface area contributed by atoms with Crippen LogP contribution in [0.3, 0.4) is 0 Å². The quantitative estimate of drug-likeness (QED) is 0.830. The number of carbonyl (C=O) groups excluding carboxylic acids is 3. The fourth-order valence-corrected chi connectivity index (χ4v) is 3.39. The molecule has 0 spiro atoms. The van der Waals surface area contributed by atoms with Crippen molar-refractivity contribution in [1.82, 2.24) is 4.90 Å². The fraction of sp³-hybridized carbons (Fsp3) is 0.250. The number of imide groups is 1. The summed E-state index contributed by atoms with van der Waals surface area (Å²) < 4.78 is 0. The summed E-state index contributed by atoms with van der Waals surface area (Å²) in [4.78, 5) is 39.4. The molecule has 1 aliphatic rings. The van der Waals surface area contributed by atoms with Gasteiger partial charge in [-0.25, -0.2) is 0 Å². The number of hydrogen-bond donors (Lipinski definition) is 1. The van der Waals surface area contributed by atoms with Crippen LogP contribution in [0.5, 0.6) is 0 Å². The molecule has 3 amide bonds. The molecular weight excluding hydrogens is 352 g/mol. The van der Waals surface area contributed by atoms with E-state index in [0.717, 1.165) is 10.5 Å². The number of fused-ring (bicyclic) bond motifs is 1. The molecule has 1 atom stereocenters. The van der Waals surface area contributed by atoms with Crippen LogP contribution in [0.1, 0.15) is 40.1 Å². The van der Waals surface area contributed by atoms with Crippen molar-refractivity contribution in [2.45, 2.75) is 26.8 Å². The molecule has 1 N–H and O–H groups in total. The molecule has 0 radical (unpaired) electrons. The van der Waals surface area contributed by atoms with Gasteiger partial charge in [0.2, 0.25) is 5.91 Å². The normalized spacial score (nSPS) is 14.6. The highest BCUT2D eigenvalue weighted by Gasteiger charge is 2.43. The number of benzene rings is 2. The van der Waals surface area contributed by atoms with Crippen LogP contribution >= 0.6 is 11.6 Å². The average Bonchev–Trinajstić information content (AvgIpc) is 2.83. The van der Waals surface area contributed by atoms with Crippen LogP contribution < -0.4 is 5.32 Å². The third-order valence-electron chi connectivity index (χ3n) is 4.39. The fourth-order valence-electron chi connectivity index (χ4n) is 3.11. The van der Waals surface area contributed by atoms with Gasteiger partial charge in [-0.15, -0.1) is 0 Å². The maximum atomic E-state index is 12.9. The predicted molar refractivity (Wildman–Crippen MR) is 100 cm³/mol. The minimum atomic E-state index is -0.931. The molecule has 0 saturated heterocycles. The van der Waals surface area contributed by atoms with E-state index < -0.39 is 23.8 Å². The molecule has 1 heterocycles. The van der Waals surface area contributed by atoms with E-state index in [-0.39, 0.29) is 5.92 Å². The third-order valence-corrected chi connectivity index (χ3v) is 4.70. The molecule has 0 bridgehead atoms. The minimum Gasteiger partial charge on any atom is -0.323 e. The van der Waals surface area contributed by atoms with Gasteiger partial charge in [0.05, 0.1) is 21.8 Å². The van der Waals surface area contributed by atoms with Crippen molar-refractivity contribution in [3.63, 3.8) is 0 Å². The number of nitrogens with zero attached hydrogens (tertiary/aromatic N) is 1. The first-order chi connectivity index (χ1) is 12.3. The van der Waals surface area contributed by atoms with Crippen molar-refractivity contribution >= 4 is 35.0 Å². The zero-order valence-electron chi connectivity index (χ0n) is 14.7. The number of rotatable bonds is 4. The van der Waals surface area contributed by atoms with E-state index in [1.54, 1.807) is 50.2 Å². The molecule has 0 saturated carbocycles. The van der Waals surface area contributed by atoms with Crippen molar-refractivity contribution in [2.24, 2.45) is 5.92 Å². The summed E-state index contributed by atoms with van der Waals surface area (Å²) in [6.07, 6.45) is 0. The molecule has 5 nitrogen and oxygen atoms in total. The summed E-state index contributed by atoms with van der Waals surface area (Å²) >= 11 is 6.19.